The van der Waals surface area contributed by atoms with Crippen molar-refractivity contribution >= 4 is 18.0 Å². The van der Waals surface area contributed by atoms with Crippen LogP contribution in [0, 0.1) is 17.3 Å². The molecule has 1 fully saturated rings. The number of carbonyl (C=O) groups excluding carboxylic acids is 2. The van der Waals surface area contributed by atoms with E-state index in [1.165, 1.54) is 11.1 Å². The van der Waals surface area contributed by atoms with Crippen molar-refractivity contribution < 1.29 is 24.2 Å². The number of aliphatic carboxylic acids is 1. The van der Waals surface area contributed by atoms with E-state index in [2.05, 4.69) is 34.9 Å². The SMILES string of the molecule is CC(C)(C)C(NC(=O)C1CCCC1CNC(=O)OCC1c2ccccc2-c2ccccc21)C(=O)O. The fraction of sp³-hybridized carbons (Fsp3) is 0.464. The average molecular weight is 479 g/mol. The van der Waals surface area contributed by atoms with Crippen molar-refractivity contribution in [3.05, 3.63) is 59.7 Å². The van der Waals surface area contributed by atoms with Gasteiger partial charge >= 0.3 is 12.1 Å². The lowest BCUT2D eigenvalue weighted by molar-refractivity contribution is -0.145. The third-order valence-corrected chi connectivity index (χ3v) is 7.25. The number of benzene rings is 2. The Morgan fingerprint density at radius 2 is 1.60 bits per heavy atom. The third-order valence-electron chi connectivity index (χ3n) is 7.25. The van der Waals surface area contributed by atoms with Crippen LogP contribution in [-0.2, 0) is 14.3 Å². The second kappa shape index (κ2) is 10.1. The number of ether oxygens (including phenoxy) is 1. The zero-order valence-electron chi connectivity index (χ0n) is 20.5. The molecule has 0 radical (unpaired) electrons. The molecule has 3 N–H and O–H groups in total. The monoisotopic (exact) mass is 478 g/mol. The van der Waals surface area contributed by atoms with E-state index in [1.807, 2.05) is 24.3 Å². The Labute approximate surface area is 206 Å². The molecule has 7 heteroatoms. The molecule has 35 heavy (non-hydrogen) atoms. The van der Waals surface area contributed by atoms with Crippen molar-refractivity contribution in [3.8, 4) is 11.1 Å². The maximum absolute atomic E-state index is 12.9. The number of nitrogens with one attached hydrogen (secondary N) is 2. The van der Waals surface area contributed by atoms with Gasteiger partial charge in [0.05, 0.1) is 0 Å². The first-order chi connectivity index (χ1) is 16.7. The molecule has 2 aromatic carbocycles. The first-order valence-corrected chi connectivity index (χ1v) is 12.3. The van der Waals surface area contributed by atoms with Gasteiger partial charge in [0, 0.05) is 18.4 Å². The number of rotatable bonds is 7. The molecule has 186 valence electrons. The quantitative estimate of drug-likeness (QED) is 0.541. The summed E-state index contributed by atoms with van der Waals surface area (Å²) >= 11 is 0. The maximum Gasteiger partial charge on any atom is 0.407 e. The van der Waals surface area contributed by atoms with E-state index in [9.17, 15) is 19.5 Å². The van der Waals surface area contributed by atoms with Crippen LogP contribution in [0.15, 0.2) is 48.5 Å². The first kappa shape index (κ1) is 24.8. The van der Waals surface area contributed by atoms with Gasteiger partial charge in [-0.3, -0.25) is 4.79 Å². The van der Waals surface area contributed by atoms with Gasteiger partial charge in [0.15, 0.2) is 0 Å². The fourth-order valence-corrected chi connectivity index (χ4v) is 5.39. The highest BCUT2D eigenvalue weighted by Crippen LogP contribution is 2.44. The van der Waals surface area contributed by atoms with E-state index in [0.717, 1.165) is 24.0 Å². The molecule has 3 unspecified atom stereocenters. The zero-order valence-corrected chi connectivity index (χ0v) is 20.5. The summed E-state index contributed by atoms with van der Waals surface area (Å²) in [7, 11) is 0. The standard InChI is InChI=1S/C28H34N2O5/c1-28(2,3)24(26(32)33)30-25(31)18-14-8-9-17(18)15-29-27(34)35-16-23-21-12-6-4-10-19(21)20-11-5-7-13-22(20)23/h4-7,10-13,17-18,23-24H,8-9,14-16H2,1-3H3,(H,29,34)(H,30,31)(H,32,33). The predicted molar refractivity (Wildman–Crippen MR) is 133 cm³/mol. The average Bonchev–Trinajstić information content (AvgIpc) is 3.41. The van der Waals surface area contributed by atoms with Crippen molar-refractivity contribution in [3.63, 3.8) is 0 Å². The van der Waals surface area contributed by atoms with Crippen LogP contribution < -0.4 is 10.6 Å². The summed E-state index contributed by atoms with van der Waals surface area (Å²) in [5.74, 6) is -1.69. The van der Waals surface area contributed by atoms with Crippen LogP contribution in [0.1, 0.15) is 57.1 Å². The Morgan fingerprint density at radius 1 is 1.00 bits per heavy atom. The third kappa shape index (κ3) is 5.34. The number of amides is 2. The van der Waals surface area contributed by atoms with Crippen LogP contribution in [0.2, 0.25) is 0 Å². The Bertz CT molecular complexity index is 1060. The van der Waals surface area contributed by atoms with Crippen molar-refractivity contribution in [2.24, 2.45) is 17.3 Å². The molecule has 0 heterocycles. The summed E-state index contributed by atoms with van der Waals surface area (Å²) in [6.07, 6.45) is 1.84. The largest absolute Gasteiger partial charge is 0.480 e. The topological polar surface area (TPSA) is 105 Å². The zero-order chi connectivity index (χ0) is 25.2. The normalized spacial score (nSPS) is 20.0. The number of hydrogen-bond acceptors (Lipinski definition) is 4. The molecule has 3 atom stereocenters. The van der Waals surface area contributed by atoms with Crippen LogP contribution in [-0.4, -0.2) is 42.3 Å². The Kier molecular flexibility index (Phi) is 7.15. The van der Waals surface area contributed by atoms with Gasteiger partial charge in [-0.25, -0.2) is 9.59 Å². The van der Waals surface area contributed by atoms with Gasteiger partial charge in [0.2, 0.25) is 5.91 Å². The number of fused-ring (bicyclic) bond motifs is 3. The van der Waals surface area contributed by atoms with Gasteiger partial charge in [0.25, 0.3) is 0 Å². The highest BCUT2D eigenvalue weighted by Gasteiger charge is 2.38. The summed E-state index contributed by atoms with van der Waals surface area (Å²) < 4.78 is 5.61. The second-order valence-corrected chi connectivity index (χ2v) is 10.6. The Balaban J connectivity index is 1.32. The molecule has 2 aliphatic rings. The molecular formula is C28H34N2O5. The number of carboxylic acid groups (broad SMARTS) is 1. The maximum atomic E-state index is 12.9. The van der Waals surface area contributed by atoms with Crippen molar-refractivity contribution in [1.82, 2.24) is 10.6 Å². The van der Waals surface area contributed by atoms with Crippen molar-refractivity contribution in [1.29, 1.82) is 0 Å². The lowest BCUT2D eigenvalue weighted by Gasteiger charge is -2.30. The van der Waals surface area contributed by atoms with E-state index in [1.54, 1.807) is 20.8 Å². The van der Waals surface area contributed by atoms with E-state index < -0.39 is 23.5 Å². The van der Waals surface area contributed by atoms with Gasteiger partial charge in [-0.1, -0.05) is 75.7 Å². The smallest absolute Gasteiger partial charge is 0.407 e. The van der Waals surface area contributed by atoms with Gasteiger partial charge < -0.3 is 20.5 Å². The van der Waals surface area contributed by atoms with Gasteiger partial charge in [-0.05, 0) is 46.4 Å². The molecule has 4 rings (SSSR count). The summed E-state index contributed by atoms with van der Waals surface area (Å²) in [4.78, 5) is 37.1. The minimum absolute atomic E-state index is 0.0106. The van der Waals surface area contributed by atoms with Crippen LogP contribution in [0.3, 0.4) is 0 Å². The van der Waals surface area contributed by atoms with Crippen LogP contribution in [0.5, 0.6) is 0 Å². The molecule has 0 saturated heterocycles. The van der Waals surface area contributed by atoms with Crippen LogP contribution in [0.4, 0.5) is 4.79 Å². The van der Waals surface area contributed by atoms with E-state index >= 15 is 0 Å². The lowest BCUT2D eigenvalue weighted by Crippen LogP contribution is -2.51. The van der Waals surface area contributed by atoms with E-state index in [0.29, 0.717) is 13.0 Å². The number of carbonyl (C=O) groups is 3. The minimum atomic E-state index is -1.04. The molecule has 0 spiro atoms. The van der Waals surface area contributed by atoms with Crippen molar-refractivity contribution in [2.75, 3.05) is 13.2 Å². The number of alkyl carbamates (subject to hydrolysis) is 1. The Hall–Kier alpha value is -3.35. The molecule has 2 aromatic rings. The number of hydrogen-bond donors (Lipinski definition) is 3. The Morgan fingerprint density at radius 3 is 2.17 bits per heavy atom. The van der Waals surface area contributed by atoms with Crippen LogP contribution >= 0.6 is 0 Å². The summed E-state index contributed by atoms with van der Waals surface area (Å²) in [5, 5.41) is 15.1. The number of carboxylic acids is 1. The first-order valence-electron chi connectivity index (χ1n) is 12.3. The fourth-order valence-electron chi connectivity index (χ4n) is 5.39. The molecule has 0 bridgehead atoms. The summed E-state index contributed by atoms with van der Waals surface area (Å²) in [5.41, 5.74) is 4.05. The molecule has 2 amide bonds. The summed E-state index contributed by atoms with van der Waals surface area (Å²) in [6, 6.07) is 15.4. The molecule has 7 nitrogen and oxygen atoms in total. The van der Waals surface area contributed by atoms with Gasteiger partial charge in [-0.15, -0.1) is 0 Å². The van der Waals surface area contributed by atoms with E-state index in [4.69, 9.17) is 4.74 Å². The van der Waals surface area contributed by atoms with Gasteiger partial charge in [0.1, 0.15) is 12.6 Å². The molecule has 1 saturated carbocycles. The molecular weight excluding hydrogens is 444 g/mol. The lowest BCUT2D eigenvalue weighted by atomic mass is 9.85. The highest BCUT2D eigenvalue weighted by molar-refractivity contribution is 5.86. The second-order valence-electron chi connectivity index (χ2n) is 10.6. The molecule has 2 aliphatic carbocycles. The minimum Gasteiger partial charge on any atom is -0.480 e. The molecule has 0 aliphatic heterocycles. The molecule has 0 aromatic heterocycles. The van der Waals surface area contributed by atoms with Gasteiger partial charge in [-0.2, -0.15) is 0 Å². The highest BCUT2D eigenvalue weighted by atomic mass is 16.5. The van der Waals surface area contributed by atoms with Crippen molar-refractivity contribution in [2.45, 2.75) is 52.0 Å². The predicted octanol–water partition coefficient (Wildman–Crippen LogP) is 4.56. The van der Waals surface area contributed by atoms with Crippen LogP contribution in [0.25, 0.3) is 11.1 Å². The summed E-state index contributed by atoms with van der Waals surface area (Å²) in [6.45, 7) is 5.92. The van der Waals surface area contributed by atoms with E-state index in [-0.39, 0.29) is 30.3 Å².